The third-order valence-corrected chi connectivity index (χ3v) is 4.34. The molecule has 7 heteroatoms. The van der Waals surface area contributed by atoms with E-state index >= 15 is 0 Å². The molecule has 2 N–H and O–H groups in total. The molecule has 2 amide bonds. The number of ether oxygens (including phenoxy) is 1. The SMILES string of the molecule is O=C(NCCSCc1ccnc(Cl)c1)NC[C@H]1CCCO1. The maximum Gasteiger partial charge on any atom is 0.314 e. The summed E-state index contributed by atoms with van der Waals surface area (Å²) in [4.78, 5) is 15.5. The van der Waals surface area contributed by atoms with Crippen molar-refractivity contribution in [3.63, 3.8) is 0 Å². The summed E-state index contributed by atoms with van der Waals surface area (Å²) in [6, 6.07) is 3.68. The lowest BCUT2D eigenvalue weighted by Gasteiger charge is -2.11. The number of rotatable bonds is 7. The van der Waals surface area contributed by atoms with E-state index in [-0.39, 0.29) is 12.1 Å². The van der Waals surface area contributed by atoms with Crippen LogP contribution in [0.5, 0.6) is 0 Å². The lowest BCUT2D eigenvalue weighted by molar-refractivity contribution is 0.111. The van der Waals surface area contributed by atoms with E-state index in [0.29, 0.717) is 18.2 Å². The molecule has 1 fully saturated rings. The summed E-state index contributed by atoms with van der Waals surface area (Å²) in [5, 5.41) is 6.18. The lowest BCUT2D eigenvalue weighted by atomic mass is 10.2. The highest BCUT2D eigenvalue weighted by molar-refractivity contribution is 7.98. The smallest absolute Gasteiger partial charge is 0.314 e. The molecule has 0 bridgehead atoms. The van der Waals surface area contributed by atoms with E-state index in [9.17, 15) is 4.79 Å². The number of amides is 2. The van der Waals surface area contributed by atoms with Crippen LogP contribution in [0.3, 0.4) is 0 Å². The fourth-order valence-corrected chi connectivity index (χ4v) is 3.04. The van der Waals surface area contributed by atoms with Crippen molar-refractivity contribution in [1.29, 1.82) is 0 Å². The molecule has 1 atom stereocenters. The highest BCUT2D eigenvalue weighted by Crippen LogP contribution is 2.14. The second kappa shape index (κ2) is 9.12. The number of carbonyl (C=O) groups is 1. The van der Waals surface area contributed by atoms with Crippen molar-refractivity contribution >= 4 is 29.4 Å². The third-order valence-electron chi connectivity index (χ3n) is 3.11. The van der Waals surface area contributed by atoms with Crippen LogP contribution < -0.4 is 10.6 Å². The van der Waals surface area contributed by atoms with Gasteiger partial charge in [0, 0.05) is 37.4 Å². The monoisotopic (exact) mass is 329 g/mol. The quantitative estimate of drug-likeness (QED) is 0.596. The van der Waals surface area contributed by atoms with Crippen molar-refractivity contribution in [2.24, 2.45) is 0 Å². The van der Waals surface area contributed by atoms with Crippen LogP contribution in [0.25, 0.3) is 0 Å². The number of hydrogen-bond acceptors (Lipinski definition) is 4. The van der Waals surface area contributed by atoms with Crippen LogP contribution in [-0.4, -0.2) is 42.6 Å². The predicted octanol–water partition coefficient (Wildman–Crippen LogP) is 2.45. The largest absolute Gasteiger partial charge is 0.376 e. The Kier molecular flexibility index (Phi) is 7.12. The summed E-state index contributed by atoms with van der Waals surface area (Å²) >= 11 is 7.57. The zero-order chi connectivity index (χ0) is 14.9. The van der Waals surface area contributed by atoms with E-state index in [2.05, 4.69) is 15.6 Å². The molecular formula is C14H20ClN3O2S. The summed E-state index contributed by atoms with van der Waals surface area (Å²) in [6.45, 7) is 2.04. The van der Waals surface area contributed by atoms with Gasteiger partial charge in [-0.25, -0.2) is 9.78 Å². The van der Waals surface area contributed by atoms with Crippen molar-refractivity contribution < 1.29 is 9.53 Å². The van der Waals surface area contributed by atoms with E-state index in [4.69, 9.17) is 16.3 Å². The first-order valence-electron chi connectivity index (χ1n) is 7.05. The maximum absolute atomic E-state index is 11.6. The summed E-state index contributed by atoms with van der Waals surface area (Å²) in [7, 11) is 0. The van der Waals surface area contributed by atoms with Crippen LogP contribution >= 0.6 is 23.4 Å². The van der Waals surface area contributed by atoms with Crippen molar-refractivity contribution in [1.82, 2.24) is 15.6 Å². The van der Waals surface area contributed by atoms with Crippen LogP contribution in [0.2, 0.25) is 5.15 Å². The van der Waals surface area contributed by atoms with Gasteiger partial charge >= 0.3 is 6.03 Å². The molecule has 0 unspecified atom stereocenters. The number of carbonyl (C=O) groups excluding carboxylic acids is 1. The van der Waals surface area contributed by atoms with Gasteiger partial charge in [0.1, 0.15) is 5.15 Å². The van der Waals surface area contributed by atoms with Gasteiger partial charge in [-0.15, -0.1) is 0 Å². The second-order valence-electron chi connectivity index (χ2n) is 4.81. The van der Waals surface area contributed by atoms with Crippen LogP contribution in [0.15, 0.2) is 18.3 Å². The predicted molar refractivity (Wildman–Crippen MR) is 85.8 cm³/mol. The lowest BCUT2D eigenvalue weighted by Crippen LogP contribution is -2.40. The number of hydrogen-bond donors (Lipinski definition) is 2. The molecule has 0 radical (unpaired) electrons. The Balaban J connectivity index is 1.50. The van der Waals surface area contributed by atoms with E-state index < -0.39 is 0 Å². The Morgan fingerprint density at radius 1 is 1.52 bits per heavy atom. The maximum atomic E-state index is 11.6. The molecule has 1 aliphatic heterocycles. The van der Waals surface area contributed by atoms with Crippen LogP contribution in [-0.2, 0) is 10.5 Å². The number of pyridine rings is 1. The second-order valence-corrected chi connectivity index (χ2v) is 6.30. The van der Waals surface area contributed by atoms with Gasteiger partial charge in [-0.05, 0) is 30.5 Å². The van der Waals surface area contributed by atoms with Crippen LogP contribution in [0.1, 0.15) is 18.4 Å². The molecule has 0 saturated carbocycles. The van der Waals surface area contributed by atoms with Gasteiger partial charge in [-0.1, -0.05) is 11.6 Å². The third kappa shape index (κ3) is 6.54. The number of nitrogens with one attached hydrogen (secondary N) is 2. The van der Waals surface area contributed by atoms with Crippen molar-refractivity contribution in [2.75, 3.05) is 25.4 Å². The first kappa shape index (κ1) is 16.4. The number of halogens is 1. The van der Waals surface area contributed by atoms with Crippen molar-refractivity contribution in [3.8, 4) is 0 Å². The minimum Gasteiger partial charge on any atom is -0.376 e. The van der Waals surface area contributed by atoms with Crippen LogP contribution in [0, 0.1) is 0 Å². The molecular weight excluding hydrogens is 310 g/mol. The average Bonchev–Trinajstić information content (AvgIpc) is 2.98. The Bertz CT molecular complexity index is 456. The molecule has 0 aliphatic carbocycles. The Morgan fingerprint density at radius 2 is 2.43 bits per heavy atom. The number of urea groups is 1. The van der Waals surface area contributed by atoms with Gasteiger partial charge in [0.15, 0.2) is 0 Å². The fourth-order valence-electron chi connectivity index (χ4n) is 2.03. The number of thioether (sulfide) groups is 1. The molecule has 1 aliphatic rings. The topological polar surface area (TPSA) is 63.2 Å². The van der Waals surface area contributed by atoms with E-state index in [1.54, 1.807) is 18.0 Å². The summed E-state index contributed by atoms with van der Waals surface area (Å²) in [5.74, 6) is 1.72. The van der Waals surface area contributed by atoms with Gasteiger partial charge in [0.25, 0.3) is 0 Å². The molecule has 116 valence electrons. The molecule has 2 heterocycles. The minimum atomic E-state index is -0.127. The highest BCUT2D eigenvalue weighted by Gasteiger charge is 2.15. The molecule has 21 heavy (non-hydrogen) atoms. The van der Waals surface area contributed by atoms with Gasteiger partial charge in [-0.3, -0.25) is 0 Å². The molecule has 0 spiro atoms. The zero-order valence-electron chi connectivity index (χ0n) is 11.8. The number of nitrogens with zero attached hydrogens (tertiary/aromatic N) is 1. The van der Waals surface area contributed by atoms with E-state index in [1.807, 2.05) is 12.1 Å². The Labute approximate surface area is 134 Å². The molecule has 1 saturated heterocycles. The zero-order valence-corrected chi connectivity index (χ0v) is 13.4. The molecule has 1 aromatic rings. The standard InChI is InChI=1S/C14H20ClN3O2S/c15-13-8-11(3-4-16-13)10-21-7-5-17-14(19)18-9-12-2-1-6-20-12/h3-4,8,12H,1-2,5-7,9-10H2,(H2,17,18,19)/t12-/m1/s1. The molecule has 0 aromatic carbocycles. The van der Waals surface area contributed by atoms with E-state index in [1.165, 1.54) is 0 Å². The van der Waals surface area contributed by atoms with Gasteiger partial charge in [0.2, 0.25) is 0 Å². The minimum absolute atomic E-state index is 0.127. The first-order valence-corrected chi connectivity index (χ1v) is 8.59. The fraction of sp³-hybridized carbons (Fsp3) is 0.571. The summed E-state index contributed by atoms with van der Waals surface area (Å²) in [6.07, 6.45) is 4.00. The summed E-state index contributed by atoms with van der Waals surface area (Å²) < 4.78 is 5.44. The molecule has 5 nitrogen and oxygen atoms in total. The molecule has 2 rings (SSSR count). The van der Waals surface area contributed by atoms with Crippen LogP contribution in [0.4, 0.5) is 4.79 Å². The van der Waals surface area contributed by atoms with Crippen molar-refractivity contribution in [3.05, 3.63) is 29.0 Å². The highest BCUT2D eigenvalue weighted by atomic mass is 35.5. The van der Waals surface area contributed by atoms with E-state index in [0.717, 1.165) is 36.5 Å². The first-order chi connectivity index (χ1) is 10.2. The average molecular weight is 330 g/mol. The number of aromatic nitrogens is 1. The summed E-state index contributed by atoms with van der Waals surface area (Å²) in [5.41, 5.74) is 1.14. The Hall–Kier alpha value is -0.980. The Morgan fingerprint density at radius 3 is 3.19 bits per heavy atom. The normalized spacial score (nSPS) is 17.7. The van der Waals surface area contributed by atoms with Gasteiger partial charge in [0.05, 0.1) is 6.10 Å². The van der Waals surface area contributed by atoms with Gasteiger partial charge in [-0.2, -0.15) is 11.8 Å². The van der Waals surface area contributed by atoms with Crippen molar-refractivity contribution in [2.45, 2.75) is 24.7 Å². The molecule has 1 aromatic heterocycles. The van der Waals surface area contributed by atoms with Gasteiger partial charge < -0.3 is 15.4 Å².